The highest BCUT2D eigenvalue weighted by Gasteiger charge is 2.40. The zero-order chi connectivity index (χ0) is 20.7. The van der Waals surface area contributed by atoms with Gasteiger partial charge in [-0.3, -0.25) is 0 Å². The first-order valence-electron chi connectivity index (χ1n) is 12.9. The molecule has 29 heavy (non-hydrogen) atoms. The molecule has 0 amide bonds. The fourth-order valence-electron chi connectivity index (χ4n) is 6.76. The molecular weight excluding hydrogens is 359 g/mol. The SMILES string of the molecule is CCC(F)CCC=CC1CCC(C2CCC(C3(C)CCC(OC)CC3)CC2)CC1. The predicted octanol–water partition coefficient (Wildman–Crippen LogP) is 8.28. The van der Waals surface area contributed by atoms with Crippen LogP contribution in [-0.2, 0) is 4.74 Å². The third-order valence-corrected chi connectivity index (χ3v) is 9.15. The number of alkyl halides is 1. The van der Waals surface area contributed by atoms with Crippen LogP contribution in [0.1, 0.15) is 110 Å². The maximum Gasteiger partial charge on any atom is 0.100 e. The minimum absolute atomic E-state index is 0.522. The molecule has 0 bridgehead atoms. The molecule has 0 spiro atoms. The van der Waals surface area contributed by atoms with Crippen LogP contribution >= 0.6 is 0 Å². The van der Waals surface area contributed by atoms with Gasteiger partial charge in [0.05, 0.1) is 6.10 Å². The Morgan fingerprint density at radius 1 is 0.931 bits per heavy atom. The van der Waals surface area contributed by atoms with Crippen LogP contribution in [0, 0.1) is 29.1 Å². The van der Waals surface area contributed by atoms with Gasteiger partial charge in [0, 0.05) is 7.11 Å². The summed E-state index contributed by atoms with van der Waals surface area (Å²) in [4.78, 5) is 0. The van der Waals surface area contributed by atoms with Gasteiger partial charge in [0.25, 0.3) is 0 Å². The third-order valence-electron chi connectivity index (χ3n) is 9.15. The number of methoxy groups -OCH3 is 1. The van der Waals surface area contributed by atoms with Gasteiger partial charge in [-0.15, -0.1) is 0 Å². The molecule has 3 aliphatic rings. The Balaban J connectivity index is 1.35. The Hall–Kier alpha value is -0.370. The molecule has 3 aliphatic carbocycles. The van der Waals surface area contributed by atoms with E-state index in [1.807, 2.05) is 14.0 Å². The summed E-state index contributed by atoms with van der Waals surface area (Å²) in [6.07, 6.45) is 23.7. The molecule has 0 heterocycles. The quantitative estimate of drug-likeness (QED) is 0.368. The van der Waals surface area contributed by atoms with Gasteiger partial charge in [0.2, 0.25) is 0 Å². The summed E-state index contributed by atoms with van der Waals surface area (Å²) in [6.45, 7) is 4.52. The standard InChI is InChI=1S/C27H47FO/c1-4-25(28)8-6-5-7-21-9-11-22(12-10-21)23-13-15-24(16-14-23)27(2)19-17-26(29-3)18-20-27/h5,7,21-26H,4,6,8-20H2,1-3H3. The van der Waals surface area contributed by atoms with E-state index in [-0.39, 0.29) is 0 Å². The van der Waals surface area contributed by atoms with E-state index >= 15 is 0 Å². The molecule has 3 saturated carbocycles. The minimum atomic E-state index is -0.609. The summed E-state index contributed by atoms with van der Waals surface area (Å²) in [5, 5.41) is 0. The maximum atomic E-state index is 13.3. The van der Waals surface area contributed by atoms with Crippen molar-refractivity contribution in [3.63, 3.8) is 0 Å². The lowest BCUT2D eigenvalue weighted by Gasteiger charge is -2.47. The molecule has 3 fully saturated rings. The number of rotatable bonds is 8. The highest BCUT2D eigenvalue weighted by Crippen LogP contribution is 2.51. The fraction of sp³-hybridized carbons (Fsp3) is 0.926. The maximum absolute atomic E-state index is 13.3. The van der Waals surface area contributed by atoms with Crippen molar-refractivity contribution in [2.45, 2.75) is 122 Å². The lowest BCUT2D eigenvalue weighted by atomic mass is 9.59. The summed E-state index contributed by atoms with van der Waals surface area (Å²) < 4.78 is 18.9. The second kappa shape index (κ2) is 11.3. The molecule has 0 aromatic carbocycles. The fourth-order valence-corrected chi connectivity index (χ4v) is 6.76. The smallest absolute Gasteiger partial charge is 0.100 e. The van der Waals surface area contributed by atoms with E-state index in [0.717, 1.165) is 30.1 Å². The van der Waals surface area contributed by atoms with Crippen LogP contribution in [0.3, 0.4) is 0 Å². The van der Waals surface area contributed by atoms with Crippen molar-refractivity contribution in [3.05, 3.63) is 12.2 Å². The van der Waals surface area contributed by atoms with Crippen LogP contribution in [0.2, 0.25) is 0 Å². The van der Waals surface area contributed by atoms with Gasteiger partial charge in [-0.05, 0) is 125 Å². The van der Waals surface area contributed by atoms with Crippen molar-refractivity contribution in [3.8, 4) is 0 Å². The van der Waals surface area contributed by atoms with E-state index in [1.54, 1.807) is 0 Å². The summed E-state index contributed by atoms with van der Waals surface area (Å²) in [5.74, 6) is 3.69. The van der Waals surface area contributed by atoms with Crippen molar-refractivity contribution in [2.24, 2.45) is 29.1 Å². The number of hydrogen-bond donors (Lipinski definition) is 0. The largest absolute Gasteiger partial charge is 0.381 e. The van der Waals surface area contributed by atoms with Gasteiger partial charge < -0.3 is 4.74 Å². The van der Waals surface area contributed by atoms with Crippen LogP contribution in [0.15, 0.2) is 12.2 Å². The number of allylic oxidation sites excluding steroid dienone is 2. The summed E-state index contributed by atoms with van der Waals surface area (Å²) in [7, 11) is 1.88. The van der Waals surface area contributed by atoms with Gasteiger partial charge in [-0.1, -0.05) is 26.0 Å². The van der Waals surface area contributed by atoms with Crippen molar-refractivity contribution < 1.29 is 9.13 Å². The van der Waals surface area contributed by atoms with E-state index in [1.165, 1.54) is 77.0 Å². The Labute approximate surface area is 180 Å². The number of ether oxygens (including phenoxy) is 1. The number of hydrogen-bond acceptors (Lipinski definition) is 1. The highest BCUT2D eigenvalue weighted by atomic mass is 19.1. The molecule has 0 aromatic rings. The first-order chi connectivity index (χ1) is 14.0. The van der Waals surface area contributed by atoms with Crippen molar-refractivity contribution in [1.29, 1.82) is 0 Å². The summed E-state index contributed by atoms with van der Waals surface area (Å²) in [5.41, 5.74) is 0.582. The van der Waals surface area contributed by atoms with Crippen molar-refractivity contribution in [2.75, 3.05) is 7.11 Å². The Morgan fingerprint density at radius 2 is 1.52 bits per heavy atom. The Morgan fingerprint density at radius 3 is 2.07 bits per heavy atom. The van der Waals surface area contributed by atoms with E-state index in [4.69, 9.17) is 4.74 Å². The molecule has 1 nitrogen and oxygen atoms in total. The van der Waals surface area contributed by atoms with Gasteiger partial charge >= 0.3 is 0 Å². The minimum Gasteiger partial charge on any atom is -0.381 e. The average molecular weight is 407 g/mol. The molecule has 0 radical (unpaired) electrons. The van der Waals surface area contributed by atoms with Crippen LogP contribution in [-0.4, -0.2) is 19.4 Å². The highest BCUT2D eigenvalue weighted by molar-refractivity contribution is 4.94. The van der Waals surface area contributed by atoms with Crippen molar-refractivity contribution >= 4 is 0 Å². The Kier molecular flexibility index (Phi) is 9.08. The molecule has 0 aromatic heterocycles. The molecule has 2 heteroatoms. The average Bonchev–Trinajstić information content (AvgIpc) is 2.77. The summed E-state index contributed by atoms with van der Waals surface area (Å²) >= 11 is 0. The van der Waals surface area contributed by atoms with Crippen LogP contribution in [0.25, 0.3) is 0 Å². The number of halogens is 1. The monoisotopic (exact) mass is 406 g/mol. The molecular formula is C27H47FO. The van der Waals surface area contributed by atoms with Gasteiger partial charge in [0.1, 0.15) is 6.17 Å². The van der Waals surface area contributed by atoms with Crippen molar-refractivity contribution in [1.82, 2.24) is 0 Å². The molecule has 1 atom stereocenters. The zero-order valence-corrected chi connectivity index (χ0v) is 19.5. The normalized spacial score (nSPS) is 40.2. The zero-order valence-electron chi connectivity index (χ0n) is 19.5. The predicted molar refractivity (Wildman–Crippen MR) is 122 cm³/mol. The molecule has 168 valence electrons. The lowest BCUT2D eigenvalue weighted by molar-refractivity contribution is -0.00722. The molecule has 1 unspecified atom stereocenters. The van der Waals surface area contributed by atoms with E-state index in [9.17, 15) is 4.39 Å². The van der Waals surface area contributed by atoms with E-state index < -0.39 is 6.17 Å². The third kappa shape index (κ3) is 6.55. The second-order valence-electron chi connectivity index (χ2n) is 10.9. The molecule has 3 rings (SSSR count). The van der Waals surface area contributed by atoms with Gasteiger partial charge in [0.15, 0.2) is 0 Å². The van der Waals surface area contributed by atoms with E-state index in [0.29, 0.717) is 24.4 Å². The Bertz CT molecular complexity index is 477. The first-order valence-corrected chi connectivity index (χ1v) is 12.9. The van der Waals surface area contributed by atoms with Gasteiger partial charge in [-0.2, -0.15) is 0 Å². The molecule has 0 N–H and O–H groups in total. The van der Waals surface area contributed by atoms with E-state index in [2.05, 4.69) is 19.1 Å². The van der Waals surface area contributed by atoms with Crippen LogP contribution in [0.5, 0.6) is 0 Å². The van der Waals surface area contributed by atoms with Crippen LogP contribution in [0.4, 0.5) is 4.39 Å². The first kappa shape index (κ1) is 23.3. The molecule has 0 aliphatic heterocycles. The summed E-state index contributed by atoms with van der Waals surface area (Å²) in [6, 6.07) is 0. The topological polar surface area (TPSA) is 9.23 Å². The second-order valence-corrected chi connectivity index (χ2v) is 10.9. The lowest BCUT2D eigenvalue weighted by Crippen LogP contribution is -2.37. The molecule has 0 saturated heterocycles. The van der Waals surface area contributed by atoms with Crippen LogP contribution < -0.4 is 0 Å². The van der Waals surface area contributed by atoms with Gasteiger partial charge in [-0.25, -0.2) is 4.39 Å².